The molecule has 0 spiro atoms. The van der Waals surface area contributed by atoms with Crippen LogP contribution in [-0.2, 0) is 0 Å². The van der Waals surface area contributed by atoms with Crippen molar-refractivity contribution in [2.24, 2.45) is 0 Å². The fourth-order valence-corrected chi connectivity index (χ4v) is 1.98. The van der Waals surface area contributed by atoms with Crippen molar-refractivity contribution < 1.29 is 4.39 Å². The molecule has 3 nitrogen and oxygen atoms in total. The third-order valence-electron chi connectivity index (χ3n) is 2.79. The van der Waals surface area contributed by atoms with Crippen LogP contribution in [0, 0.1) is 5.82 Å². The maximum Gasteiger partial charge on any atom is 0.201 e. The van der Waals surface area contributed by atoms with Gasteiger partial charge in [-0.15, -0.1) is 0 Å². The summed E-state index contributed by atoms with van der Waals surface area (Å²) in [5.74, 6) is 0.472. The molecule has 3 rings (SSSR count). The summed E-state index contributed by atoms with van der Waals surface area (Å²) in [7, 11) is 0. The van der Waals surface area contributed by atoms with Crippen molar-refractivity contribution in [2.75, 3.05) is 5.32 Å². The highest BCUT2D eigenvalue weighted by Crippen LogP contribution is 2.19. The fourth-order valence-electron chi connectivity index (χ4n) is 1.98. The predicted molar refractivity (Wildman–Crippen MR) is 61.8 cm³/mol. The number of H-pyrrole nitrogens is 1. The molecule has 0 aliphatic heterocycles. The summed E-state index contributed by atoms with van der Waals surface area (Å²) < 4.78 is 13.0. The van der Waals surface area contributed by atoms with Gasteiger partial charge in [0.2, 0.25) is 5.95 Å². The summed E-state index contributed by atoms with van der Waals surface area (Å²) in [6.45, 7) is 0. The zero-order valence-corrected chi connectivity index (χ0v) is 8.70. The summed E-state index contributed by atoms with van der Waals surface area (Å²) in [4.78, 5) is 7.43. The largest absolute Gasteiger partial charge is 0.352 e. The van der Waals surface area contributed by atoms with Crippen molar-refractivity contribution >= 4 is 17.0 Å². The predicted octanol–water partition coefficient (Wildman–Crippen LogP) is 2.83. The minimum atomic E-state index is -0.245. The molecule has 1 aromatic carbocycles. The number of nitrogens with one attached hydrogen (secondary N) is 2. The van der Waals surface area contributed by atoms with E-state index in [1.54, 1.807) is 6.07 Å². The van der Waals surface area contributed by atoms with Crippen molar-refractivity contribution in [1.82, 2.24) is 9.97 Å². The Morgan fingerprint density at radius 2 is 2.12 bits per heavy atom. The van der Waals surface area contributed by atoms with Crippen molar-refractivity contribution in [3.63, 3.8) is 0 Å². The SMILES string of the molecule is Fc1ccc2nc(NC3CC=CC3)[nH]c2c1. The van der Waals surface area contributed by atoms with Gasteiger partial charge in [-0.1, -0.05) is 12.2 Å². The second-order valence-corrected chi connectivity index (χ2v) is 4.03. The number of benzene rings is 1. The van der Waals surface area contributed by atoms with Gasteiger partial charge in [0.1, 0.15) is 5.82 Å². The van der Waals surface area contributed by atoms with Gasteiger partial charge in [-0.05, 0) is 31.0 Å². The van der Waals surface area contributed by atoms with E-state index in [1.807, 2.05) is 0 Å². The Balaban J connectivity index is 1.87. The molecule has 0 saturated heterocycles. The molecule has 16 heavy (non-hydrogen) atoms. The van der Waals surface area contributed by atoms with Gasteiger partial charge in [-0.2, -0.15) is 0 Å². The third kappa shape index (κ3) is 1.66. The molecule has 1 aliphatic carbocycles. The standard InChI is InChI=1S/C12H12FN3/c13-8-5-6-10-11(7-8)16-12(15-10)14-9-3-1-2-4-9/h1-2,5-7,9H,3-4H2,(H2,14,15,16). The molecule has 0 fully saturated rings. The van der Waals surface area contributed by atoms with E-state index in [-0.39, 0.29) is 5.82 Å². The monoisotopic (exact) mass is 217 g/mol. The first-order chi connectivity index (χ1) is 7.81. The van der Waals surface area contributed by atoms with Crippen LogP contribution in [0.3, 0.4) is 0 Å². The maximum absolute atomic E-state index is 13.0. The second kappa shape index (κ2) is 3.63. The average Bonchev–Trinajstić information content (AvgIpc) is 2.86. The molecule has 0 amide bonds. The lowest BCUT2D eigenvalue weighted by Gasteiger charge is -2.09. The summed E-state index contributed by atoms with van der Waals surface area (Å²) in [6.07, 6.45) is 6.34. The lowest BCUT2D eigenvalue weighted by molar-refractivity contribution is 0.629. The van der Waals surface area contributed by atoms with Crippen molar-refractivity contribution in [3.05, 3.63) is 36.2 Å². The number of hydrogen-bond donors (Lipinski definition) is 2. The highest BCUT2D eigenvalue weighted by Gasteiger charge is 2.11. The number of fused-ring (bicyclic) bond motifs is 1. The van der Waals surface area contributed by atoms with E-state index in [2.05, 4.69) is 27.4 Å². The summed E-state index contributed by atoms with van der Waals surface area (Å²) in [5, 5.41) is 3.30. The Morgan fingerprint density at radius 3 is 2.94 bits per heavy atom. The number of rotatable bonds is 2. The van der Waals surface area contributed by atoms with Crippen molar-refractivity contribution in [2.45, 2.75) is 18.9 Å². The summed E-state index contributed by atoms with van der Waals surface area (Å²) >= 11 is 0. The molecule has 4 heteroatoms. The molecule has 0 saturated carbocycles. The molecule has 1 heterocycles. The van der Waals surface area contributed by atoms with Gasteiger partial charge in [0.05, 0.1) is 11.0 Å². The lowest BCUT2D eigenvalue weighted by atomic mass is 10.2. The van der Waals surface area contributed by atoms with E-state index >= 15 is 0 Å². The average molecular weight is 217 g/mol. The molecule has 1 aromatic heterocycles. The van der Waals surface area contributed by atoms with Crippen LogP contribution in [-0.4, -0.2) is 16.0 Å². The van der Waals surface area contributed by atoms with E-state index in [4.69, 9.17) is 0 Å². The van der Waals surface area contributed by atoms with Crippen molar-refractivity contribution in [3.8, 4) is 0 Å². The van der Waals surface area contributed by atoms with Gasteiger partial charge in [-0.25, -0.2) is 9.37 Å². The Morgan fingerprint density at radius 1 is 1.31 bits per heavy atom. The molecule has 2 N–H and O–H groups in total. The van der Waals surface area contributed by atoms with Gasteiger partial charge < -0.3 is 10.3 Å². The zero-order chi connectivity index (χ0) is 11.0. The number of anilines is 1. The molecule has 2 aromatic rings. The number of imidazole rings is 1. The molecular formula is C12H12FN3. The lowest BCUT2D eigenvalue weighted by Crippen LogP contribution is -2.15. The molecule has 82 valence electrons. The Bertz CT molecular complexity index is 536. The second-order valence-electron chi connectivity index (χ2n) is 4.03. The van der Waals surface area contributed by atoms with Crippen LogP contribution in [0.25, 0.3) is 11.0 Å². The number of hydrogen-bond acceptors (Lipinski definition) is 2. The first-order valence-corrected chi connectivity index (χ1v) is 5.38. The first kappa shape index (κ1) is 9.39. The molecular weight excluding hydrogens is 205 g/mol. The van der Waals surface area contributed by atoms with Gasteiger partial charge in [-0.3, -0.25) is 0 Å². The minimum Gasteiger partial charge on any atom is -0.352 e. The van der Waals surface area contributed by atoms with E-state index in [9.17, 15) is 4.39 Å². The Labute approximate surface area is 92.4 Å². The smallest absolute Gasteiger partial charge is 0.201 e. The van der Waals surface area contributed by atoms with Gasteiger partial charge in [0.25, 0.3) is 0 Å². The van der Waals surface area contributed by atoms with Gasteiger partial charge in [0, 0.05) is 6.04 Å². The number of aromatic amines is 1. The van der Waals surface area contributed by atoms with Crippen LogP contribution in [0.2, 0.25) is 0 Å². The van der Waals surface area contributed by atoms with Crippen LogP contribution in [0.4, 0.5) is 10.3 Å². The van der Waals surface area contributed by atoms with E-state index < -0.39 is 0 Å². The first-order valence-electron chi connectivity index (χ1n) is 5.38. The van der Waals surface area contributed by atoms with Crippen LogP contribution < -0.4 is 5.32 Å². The van der Waals surface area contributed by atoms with Crippen LogP contribution in [0.15, 0.2) is 30.4 Å². The zero-order valence-electron chi connectivity index (χ0n) is 8.70. The van der Waals surface area contributed by atoms with E-state index in [0.29, 0.717) is 12.0 Å². The number of aromatic nitrogens is 2. The quantitative estimate of drug-likeness (QED) is 0.759. The molecule has 0 radical (unpaired) electrons. The normalized spacial score (nSPS) is 16.1. The molecule has 1 aliphatic rings. The number of nitrogens with zero attached hydrogens (tertiary/aromatic N) is 1. The van der Waals surface area contributed by atoms with Gasteiger partial charge >= 0.3 is 0 Å². The third-order valence-corrected chi connectivity index (χ3v) is 2.79. The van der Waals surface area contributed by atoms with Gasteiger partial charge in [0.15, 0.2) is 0 Å². The maximum atomic E-state index is 13.0. The fraction of sp³-hybridized carbons (Fsp3) is 0.250. The molecule has 0 unspecified atom stereocenters. The summed E-state index contributed by atoms with van der Waals surface area (Å²) in [6, 6.07) is 4.97. The van der Waals surface area contributed by atoms with E-state index in [0.717, 1.165) is 23.9 Å². The topological polar surface area (TPSA) is 40.7 Å². The molecule has 0 atom stereocenters. The Kier molecular flexibility index (Phi) is 2.13. The summed E-state index contributed by atoms with van der Waals surface area (Å²) in [5.41, 5.74) is 1.52. The van der Waals surface area contributed by atoms with Crippen LogP contribution >= 0.6 is 0 Å². The number of halogens is 1. The minimum absolute atomic E-state index is 0.245. The highest BCUT2D eigenvalue weighted by atomic mass is 19.1. The Hall–Kier alpha value is -1.84. The van der Waals surface area contributed by atoms with Crippen LogP contribution in [0.1, 0.15) is 12.8 Å². The van der Waals surface area contributed by atoms with Crippen LogP contribution in [0.5, 0.6) is 0 Å². The highest BCUT2D eigenvalue weighted by molar-refractivity contribution is 5.77. The molecule has 0 bridgehead atoms. The van der Waals surface area contributed by atoms with Crippen molar-refractivity contribution in [1.29, 1.82) is 0 Å². The van der Waals surface area contributed by atoms with E-state index in [1.165, 1.54) is 12.1 Å².